The molecule has 0 saturated carbocycles. The van der Waals surface area contributed by atoms with Gasteiger partial charge in [0.2, 0.25) is 29.5 Å². The molecule has 0 radical (unpaired) electrons. The van der Waals surface area contributed by atoms with E-state index in [4.69, 9.17) is 11.5 Å². The molecule has 5 amide bonds. The third-order valence-electron chi connectivity index (χ3n) is 7.72. The summed E-state index contributed by atoms with van der Waals surface area (Å²) in [5.41, 5.74) is 10.7. The molecule has 0 aliphatic carbocycles. The van der Waals surface area contributed by atoms with Crippen LogP contribution < -0.4 is 27.4 Å². The number of likely N-dealkylation sites (tertiary alicyclic amines) is 2. The van der Waals surface area contributed by atoms with Crippen LogP contribution in [-0.4, -0.2) is 103 Å². The highest BCUT2D eigenvalue weighted by molar-refractivity contribution is 5.92. The Labute approximate surface area is 243 Å². The third-order valence-corrected chi connectivity index (χ3v) is 7.72. The summed E-state index contributed by atoms with van der Waals surface area (Å²) in [6.07, 6.45) is 0.602. The molecule has 12 nitrogen and oxygen atoms in total. The first-order valence-electron chi connectivity index (χ1n) is 14.0. The van der Waals surface area contributed by atoms with E-state index >= 15 is 0 Å². The minimum Gasteiger partial charge on any atom is -0.346 e. The van der Waals surface area contributed by atoms with Crippen molar-refractivity contribution >= 4 is 29.5 Å². The zero-order valence-electron chi connectivity index (χ0n) is 24.0. The van der Waals surface area contributed by atoms with Crippen LogP contribution in [0, 0.1) is 11.3 Å². The molecule has 42 heavy (non-hydrogen) atoms. The Balaban J connectivity index is 1.45. The molecule has 0 bridgehead atoms. The van der Waals surface area contributed by atoms with Gasteiger partial charge in [-0.05, 0) is 30.7 Å². The lowest BCUT2D eigenvalue weighted by molar-refractivity contribution is -0.223. The van der Waals surface area contributed by atoms with Crippen molar-refractivity contribution in [2.24, 2.45) is 22.8 Å². The Morgan fingerprint density at radius 1 is 0.929 bits per heavy atom. The van der Waals surface area contributed by atoms with Crippen LogP contribution in [0.15, 0.2) is 30.3 Å². The average molecular weight is 594 g/mol. The maximum Gasteiger partial charge on any atom is 0.274 e. The summed E-state index contributed by atoms with van der Waals surface area (Å²) in [6, 6.07) is 7.35. The zero-order valence-corrected chi connectivity index (χ0v) is 24.0. The van der Waals surface area contributed by atoms with Crippen LogP contribution >= 0.6 is 0 Å². The van der Waals surface area contributed by atoms with Gasteiger partial charge >= 0.3 is 0 Å². The van der Waals surface area contributed by atoms with E-state index in [0.717, 1.165) is 10.5 Å². The Morgan fingerprint density at radius 3 is 2.17 bits per heavy atom. The lowest BCUT2D eigenvalue weighted by atomic mass is 9.69. The van der Waals surface area contributed by atoms with E-state index in [1.165, 1.54) is 4.90 Å². The summed E-state index contributed by atoms with van der Waals surface area (Å²) < 4.78 is 29.8. The molecule has 3 rings (SSSR count). The second-order valence-electron chi connectivity index (χ2n) is 11.5. The Kier molecular flexibility index (Phi) is 11.0. The van der Waals surface area contributed by atoms with Crippen molar-refractivity contribution in [1.82, 2.24) is 25.8 Å². The topological polar surface area (TPSA) is 180 Å². The Hall–Kier alpha value is -3.65. The number of hydrogen-bond acceptors (Lipinski definition) is 7. The van der Waals surface area contributed by atoms with Crippen molar-refractivity contribution in [3.63, 3.8) is 0 Å². The fourth-order valence-corrected chi connectivity index (χ4v) is 5.22. The van der Waals surface area contributed by atoms with Crippen molar-refractivity contribution in [2.75, 3.05) is 45.8 Å². The summed E-state index contributed by atoms with van der Waals surface area (Å²) in [4.78, 5) is 64.4. The summed E-state index contributed by atoms with van der Waals surface area (Å²) in [5.74, 6) is -5.96. The largest absolute Gasteiger partial charge is 0.346 e. The molecule has 2 saturated heterocycles. The van der Waals surface area contributed by atoms with Gasteiger partial charge < -0.3 is 37.2 Å². The van der Waals surface area contributed by atoms with Crippen LogP contribution in [-0.2, 0) is 30.4 Å². The first kappa shape index (κ1) is 32.9. The highest BCUT2D eigenvalue weighted by Crippen LogP contribution is 2.50. The van der Waals surface area contributed by atoms with E-state index in [9.17, 15) is 32.8 Å². The van der Waals surface area contributed by atoms with Gasteiger partial charge in [-0.2, -0.15) is 0 Å². The van der Waals surface area contributed by atoms with Gasteiger partial charge in [-0.3, -0.25) is 24.0 Å². The molecular formula is C28H41F2N7O5. The van der Waals surface area contributed by atoms with E-state index in [1.54, 1.807) is 0 Å². The molecule has 1 aromatic carbocycles. The van der Waals surface area contributed by atoms with Gasteiger partial charge in [0, 0.05) is 19.6 Å². The van der Waals surface area contributed by atoms with Crippen molar-refractivity contribution in [3.8, 4) is 0 Å². The number of hydrogen-bond donors (Lipinski definition) is 5. The molecule has 2 unspecified atom stereocenters. The normalized spacial score (nSPS) is 18.5. The highest BCUT2D eigenvalue weighted by atomic mass is 19.3. The van der Waals surface area contributed by atoms with Crippen molar-refractivity contribution in [3.05, 3.63) is 35.9 Å². The molecule has 7 N–H and O–H groups in total. The lowest BCUT2D eigenvalue weighted by Gasteiger charge is -2.57. The number of rotatable bonds is 12. The number of amides is 5. The van der Waals surface area contributed by atoms with Crippen LogP contribution in [0.2, 0.25) is 0 Å². The molecule has 1 aromatic rings. The lowest BCUT2D eigenvalue weighted by Crippen LogP contribution is -2.72. The predicted octanol–water partition coefficient (Wildman–Crippen LogP) is -1.03. The van der Waals surface area contributed by atoms with E-state index < -0.39 is 66.0 Å². The molecule has 14 heteroatoms. The van der Waals surface area contributed by atoms with Gasteiger partial charge in [0.05, 0.1) is 37.6 Å². The molecule has 2 fully saturated rings. The summed E-state index contributed by atoms with van der Waals surface area (Å²) >= 11 is 0. The van der Waals surface area contributed by atoms with Crippen LogP contribution in [0.5, 0.6) is 0 Å². The smallest absolute Gasteiger partial charge is 0.274 e. The monoisotopic (exact) mass is 593 g/mol. The summed E-state index contributed by atoms with van der Waals surface area (Å²) in [6.45, 7) is 1.59. The van der Waals surface area contributed by atoms with Gasteiger partial charge in [0.1, 0.15) is 6.04 Å². The molecule has 2 aliphatic rings. The molecular weight excluding hydrogens is 552 g/mol. The van der Waals surface area contributed by atoms with E-state index in [1.807, 2.05) is 44.2 Å². The van der Waals surface area contributed by atoms with E-state index in [-0.39, 0.29) is 51.5 Å². The number of piperidine rings is 1. The number of carbonyl (C=O) groups is 5. The van der Waals surface area contributed by atoms with Gasteiger partial charge in [-0.1, -0.05) is 44.2 Å². The van der Waals surface area contributed by atoms with Crippen LogP contribution in [0.3, 0.4) is 0 Å². The number of benzene rings is 1. The second-order valence-corrected chi connectivity index (χ2v) is 11.5. The maximum atomic E-state index is 14.9. The fourth-order valence-electron chi connectivity index (χ4n) is 5.22. The second kappa shape index (κ2) is 14.0. The van der Waals surface area contributed by atoms with Crippen LogP contribution in [0.1, 0.15) is 32.3 Å². The quantitative estimate of drug-likeness (QED) is 0.206. The predicted molar refractivity (Wildman–Crippen MR) is 150 cm³/mol. The number of halogens is 2. The van der Waals surface area contributed by atoms with E-state index in [0.29, 0.717) is 6.42 Å². The molecule has 232 valence electrons. The number of nitrogens with zero attached hydrogens (tertiary/aromatic N) is 2. The molecule has 2 heterocycles. The third kappa shape index (κ3) is 8.22. The summed E-state index contributed by atoms with van der Waals surface area (Å²) in [7, 11) is 0. The van der Waals surface area contributed by atoms with Crippen molar-refractivity contribution in [2.45, 2.75) is 51.1 Å². The van der Waals surface area contributed by atoms with Crippen LogP contribution in [0.25, 0.3) is 0 Å². The zero-order chi connectivity index (χ0) is 31.1. The Morgan fingerprint density at radius 2 is 1.57 bits per heavy atom. The number of nitrogens with two attached hydrogens (primary N) is 2. The number of nitrogens with one attached hydrogen (secondary N) is 3. The van der Waals surface area contributed by atoms with Crippen LogP contribution in [0.4, 0.5) is 8.78 Å². The standard InChI is InChI=1S/C28H41F2N7O5/c1-18(2)10-21(35-22(38)13-33-25(41)20(32)11-19-6-4-3-5-7-19)26(42)34-14-24(40)37-15-27(16-37)8-9-36(23(39)12-31)17-28(27,29)30/h3-7,18,20-21H,8-17,31-32H2,1-2H3,(H,33,41)(H,34,42)(H,35,38). The summed E-state index contributed by atoms with van der Waals surface area (Å²) in [5, 5.41) is 7.53. The molecule has 0 aromatic heterocycles. The first-order chi connectivity index (χ1) is 19.8. The molecule has 2 aliphatic heterocycles. The average Bonchev–Trinajstić information content (AvgIpc) is 2.92. The molecule has 1 spiro atoms. The van der Waals surface area contributed by atoms with Gasteiger partial charge in [-0.15, -0.1) is 0 Å². The Bertz CT molecular complexity index is 1140. The van der Waals surface area contributed by atoms with Crippen molar-refractivity contribution in [1.29, 1.82) is 0 Å². The number of alkyl halides is 2. The van der Waals surface area contributed by atoms with Gasteiger partial charge in [0.15, 0.2) is 0 Å². The first-order valence-corrected chi connectivity index (χ1v) is 14.0. The molecule has 2 atom stereocenters. The minimum atomic E-state index is -3.18. The van der Waals surface area contributed by atoms with Gasteiger partial charge in [0.25, 0.3) is 5.92 Å². The van der Waals surface area contributed by atoms with Gasteiger partial charge in [-0.25, -0.2) is 8.78 Å². The number of carbonyl (C=O) groups excluding carboxylic acids is 5. The van der Waals surface area contributed by atoms with Crippen molar-refractivity contribution < 1.29 is 32.8 Å². The fraction of sp³-hybridized carbons (Fsp3) is 0.607. The maximum absolute atomic E-state index is 14.9. The highest BCUT2D eigenvalue weighted by Gasteiger charge is 2.63. The minimum absolute atomic E-state index is 0.0140. The SMILES string of the molecule is CC(C)CC(NC(=O)CNC(=O)C(N)Cc1ccccc1)C(=O)NCC(=O)N1CC2(CCN(C(=O)CN)CC2(F)F)C1. The van der Waals surface area contributed by atoms with E-state index in [2.05, 4.69) is 16.0 Å².